The number of pyridine rings is 1. The lowest BCUT2D eigenvalue weighted by atomic mass is 9.79. The van der Waals surface area contributed by atoms with E-state index in [2.05, 4.69) is 18.0 Å². The molecule has 0 aromatic carbocycles. The van der Waals surface area contributed by atoms with Crippen molar-refractivity contribution >= 4 is 5.78 Å². The van der Waals surface area contributed by atoms with E-state index in [9.17, 15) is 4.79 Å². The standard InChI is InChI=1S/C14H17NO/c1-14(7-8-14)13(16)11-6-2-4-10-5-3-9-15-12(10)11/h3,5,9,11H,2,4,6-8H2,1H3. The van der Waals surface area contributed by atoms with E-state index in [4.69, 9.17) is 0 Å². The Morgan fingerprint density at radius 3 is 3.06 bits per heavy atom. The Morgan fingerprint density at radius 1 is 1.50 bits per heavy atom. The molecule has 2 aliphatic rings. The van der Waals surface area contributed by atoms with Gasteiger partial charge in [-0.05, 0) is 43.7 Å². The molecule has 1 unspecified atom stereocenters. The highest BCUT2D eigenvalue weighted by Crippen LogP contribution is 2.50. The lowest BCUT2D eigenvalue weighted by molar-refractivity contribution is -0.125. The van der Waals surface area contributed by atoms with E-state index < -0.39 is 0 Å². The molecule has 0 spiro atoms. The molecule has 1 fully saturated rings. The van der Waals surface area contributed by atoms with Crippen molar-refractivity contribution in [1.82, 2.24) is 4.98 Å². The van der Waals surface area contributed by atoms with Gasteiger partial charge < -0.3 is 0 Å². The maximum absolute atomic E-state index is 12.4. The molecule has 2 heteroatoms. The molecule has 1 saturated carbocycles. The number of hydrogen-bond donors (Lipinski definition) is 0. The molecule has 0 radical (unpaired) electrons. The second kappa shape index (κ2) is 3.41. The number of nitrogens with zero attached hydrogens (tertiary/aromatic N) is 1. The summed E-state index contributed by atoms with van der Waals surface area (Å²) in [7, 11) is 0. The monoisotopic (exact) mass is 215 g/mol. The minimum atomic E-state index is -0.0171. The molecular weight excluding hydrogens is 198 g/mol. The highest BCUT2D eigenvalue weighted by molar-refractivity contribution is 5.92. The first-order valence-electron chi connectivity index (χ1n) is 6.19. The average molecular weight is 215 g/mol. The molecule has 2 aliphatic carbocycles. The van der Waals surface area contributed by atoms with Crippen molar-refractivity contribution in [2.24, 2.45) is 5.41 Å². The van der Waals surface area contributed by atoms with Gasteiger partial charge in [0.05, 0.1) is 11.6 Å². The lowest BCUT2D eigenvalue weighted by Crippen LogP contribution is -2.25. The molecule has 1 aromatic heterocycles. The molecule has 0 saturated heterocycles. The molecule has 0 amide bonds. The minimum absolute atomic E-state index is 0.0171. The summed E-state index contributed by atoms with van der Waals surface area (Å²) < 4.78 is 0. The van der Waals surface area contributed by atoms with Crippen molar-refractivity contribution in [2.45, 2.75) is 44.9 Å². The maximum Gasteiger partial charge on any atom is 0.147 e. The number of carbonyl (C=O) groups is 1. The third-order valence-corrected chi connectivity index (χ3v) is 4.11. The van der Waals surface area contributed by atoms with Gasteiger partial charge in [0.1, 0.15) is 5.78 Å². The maximum atomic E-state index is 12.4. The van der Waals surface area contributed by atoms with Crippen molar-refractivity contribution in [1.29, 1.82) is 0 Å². The zero-order valence-electron chi connectivity index (χ0n) is 9.70. The minimum Gasteiger partial charge on any atom is -0.298 e. The molecule has 84 valence electrons. The number of ketones is 1. The average Bonchev–Trinajstić information content (AvgIpc) is 3.07. The largest absolute Gasteiger partial charge is 0.298 e. The third kappa shape index (κ3) is 1.48. The van der Waals surface area contributed by atoms with Crippen LogP contribution < -0.4 is 0 Å². The van der Waals surface area contributed by atoms with Crippen molar-refractivity contribution < 1.29 is 4.79 Å². The fourth-order valence-electron chi connectivity index (χ4n) is 2.72. The van der Waals surface area contributed by atoms with Crippen LogP contribution in [0.3, 0.4) is 0 Å². The van der Waals surface area contributed by atoms with Gasteiger partial charge in [-0.2, -0.15) is 0 Å². The number of fused-ring (bicyclic) bond motifs is 1. The molecular formula is C14H17NO. The van der Waals surface area contributed by atoms with Crippen molar-refractivity contribution in [3.8, 4) is 0 Å². The number of hydrogen-bond acceptors (Lipinski definition) is 2. The Morgan fingerprint density at radius 2 is 2.31 bits per heavy atom. The van der Waals surface area contributed by atoms with Crippen molar-refractivity contribution in [3.05, 3.63) is 29.6 Å². The quantitative estimate of drug-likeness (QED) is 0.759. The van der Waals surface area contributed by atoms with Gasteiger partial charge in [-0.25, -0.2) is 0 Å². The topological polar surface area (TPSA) is 30.0 Å². The van der Waals surface area contributed by atoms with E-state index in [1.54, 1.807) is 0 Å². The van der Waals surface area contributed by atoms with Crippen LogP contribution in [0.1, 0.15) is 49.8 Å². The predicted octanol–water partition coefficient (Wildman–Crippen LogP) is 2.87. The van der Waals surface area contributed by atoms with Crippen molar-refractivity contribution in [3.63, 3.8) is 0 Å². The van der Waals surface area contributed by atoms with Gasteiger partial charge >= 0.3 is 0 Å². The van der Waals surface area contributed by atoms with Crippen LogP contribution in [0.5, 0.6) is 0 Å². The molecule has 3 rings (SSSR count). The first-order valence-corrected chi connectivity index (χ1v) is 6.19. The highest BCUT2D eigenvalue weighted by Gasteiger charge is 2.48. The zero-order valence-corrected chi connectivity index (χ0v) is 9.70. The number of rotatable bonds is 2. The Balaban J connectivity index is 1.95. The summed E-state index contributed by atoms with van der Waals surface area (Å²) in [6.07, 6.45) is 7.18. The molecule has 1 heterocycles. The van der Waals surface area contributed by atoms with Gasteiger partial charge in [0, 0.05) is 11.6 Å². The van der Waals surface area contributed by atoms with Crippen LogP contribution in [0.2, 0.25) is 0 Å². The Labute approximate surface area is 96.1 Å². The van der Waals surface area contributed by atoms with Crippen LogP contribution >= 0.6 is 0 Å². The number of aryl methyl sites for hydroxylation is 1. The summed E-state index contributed by atoms with van der Waals surface area (Å²) >= 11 is 0. The van der Waals surface area contributed by atoms with E-state index in [0.717, 1.165) is 37.8 Å². The first-order chi connectivity index (χ1) is 7.71. The van der Waals surface area contributed by atoms with Gasteiger partial charge in [-0.3, -0.25) is 9.78 Å². The predicted molar refractivity (Wildman–Crippen MR) is 62.3 cm³/mol. The van der Waals surface area contributed by atoms with Crippen molar-refractivity contribution in [2.75, 3.05) is 0 Å². The van der Waals surface area contributed by atoms with Crippen LogP contribution in [-0.2, 0) is 11.2 Å². The van der Waals surface area contributed by atoms with Crippen LogP contribution in [0, 0.1) is 5.41 Å². The Kier molecular flexibility index (Phi) is 2.13. The van der Waals surface area contributed by atoms with Gasteiger partial charge in [0.2, 0.25) is 0 Å². The van der Waals surface area contributed by atoms with Crippen LogP contribution in [-0.4, -0.2) is 10.8 Å². The summed E-state index contributed by atoms with van der Waals surface area (Å²) in [5.41, 5.74) is 2.33. The summed E-state index contributed by atoms with van der Waals surface area (Å²) in [6, 6.07) is 4.10. The van der Waals surface area contributed by atoms with E-state index in [0.29, 0.717) is 5.78 Å². The van der Waals surface area contributed by atoms with Gasteiger partial charge in [-0.15, -0.1) is 0 Å². The summed E-state index contributed by atoms with van der Waals surface area (Å²) in [6.45, 7) is 2.10. The van der Waals surface area contributed by atoms with E-state index in [-0.39, 0.29) is 11.3 Å². The van der Waals surface area contributed by atoms with E-state index >= 15 is 0 Å². The summed E-state index contributed by atoms with van der Waals surface area (Å²) in [4.78, 5) is 16.8. The smallest absolute Gasteiger partial charge is 0.147 e. The molecule has 0 aliphatic heterocycles. The third-order valence-electron chi connectivity index (χ3n) is 4.11. The fourth-order valence-corrected chi connectivity index (χ4v) is 2.72. The Hall–Kier alpha value is -1.18. The first kappa shape index (κ1) is 10.0. The number of aromatic nitrogens is 1. The SMILES string of the molecule is CC1(C(=O)C2CCCc3cccnc32)CC1. The molecule has 1 aromatic rings. The van der Waals surface area contributed by atoms with Crippen LogP contribution in [0.15, 0.2) is 18.3 Å². The Bertz CT molecular complexity index is 434. The summed E-state index contributed by atoms with van der Waals surface area (Å²) in [5.74, 6) is 0.518. The van der Waals surface area contributed by atoms with Crippen LogP contribution in [0.4, 0.5) is 0 Å². The molecule has 0 N–H and O–H groups in total. The second-order valence-corrected chi connectivity index (χ2v) is 5.42. The van der Waals surface area contributed by atoms with Gasteiger partial charge in [-0.1, -0.05) is 13.0 Å². The fraction of sp³-hybridized carbons (Fsp3) is 0.571. The normalized spacial score (nSPS) is 25.9. The highest BCUT2D eigenvalue weighted by atomic mass is 16.1. The number of Topliss-reactive ketones (excluding diaryl/α,β-unsaturated/α-hetero) is 1. The van der Waals surface area contributed by atoms with E-state index in [1.165, 1.54) is 5.56 Å². The molecule has 16 heavy (non-hydrogen) atoms. The lowest BCUT2D eigenvalue weighted by Gasteiger charge is -2.25. The molecule has 2 nitrogen and oxygen atoms in total. The van der Waals surface area contributed by atoms with Gasteiger partial charge in [0.15, 0.2) is 0 Å². The zero-order chi connectivity index (χ0) is 11.2. The number of carbonyl (C=O) groups excluding carboxylic acids is 1. The molecule has 1 atom stereocenters. The summed E-state index contributed by atoms with van der Waals surface area (Å²) in [5, 5.41) is 0. The van der Waals surface area contributed by atoms with E-state index in [1.807, 2.05) is 12.3 Å². The molecule has 0 bridgehead atoms. The van der Waals surface area contributed by atoms with Crippen LogP contribution in [0.25, 0.3) is 0 Å². The second-order valence-electron chi connectivity index (χ2n) is 5.42. The van der Waals surface area contributed by atoms with Gasteiger partial charge in [0.25, 0.3) is 0 Å².